The van der Waals surface area contributed by atoms with Crippen molar-refractivity contribution in [3.63, 3.8) is 0 Å². The fraction of sp³-hybridized carbons (Fsp3) is 0.0714. The number of aromatic nitrogens is 1. The van der Waals surface area contributed by atoms with Gasteiger partial charge in [0.25, 0.3) is 0 Å². The molecule has 20 heavy (non-hydrogen) atoms. The van der Waals surface area contributed by atoms with Crippen LogP contribution in [-0.4, -0.2) is 29.1 Å². The summed E-state index contributed by atoms with van der Waals surface area (Å²) in [6.45, 7) is 0. The van der Waals surface area contributed by atoms with Crippen molar-refractivity contribution in [3.05, 3.63) is 53.9 Å². The molecule has 1 aromatic carbocycles. The van der Waals surface area contributed by atoms with Gasteiger partial charge in [0.1, 0.15) is 0 Å². The molecule has 1 aromatic heterocycles. The molecule has 102 valence electrons. The highest BCUT2D eigenvalue weighted by Crippen LogP contribution is 2.27. The lowest BCUT2D eigenvalue weighted by Gasteiger charge is -2.07. The molecule has 0 spiro atoms. The summed E-state index contributed by atoms with van der Waals surface area (Å²) in [6, 6.07) is 6.95. The highest BCUT2D eigenvalue weighted by atomic mass is 16.5. The van der Waals surface area contributed by atoms with Gasteiger partial charge in [-0.2, -0.15) is 0 Å². The molecule has 0 saturated carbocycles. The first-order valence-electron chi connectivity index (χ1n) is 5.65. The van der Waals surface area contributed by atoms with Gasteiger partial charge in [-0.15, -0.1) is 0 Å². The molecule has 1 N–H and O–H groups in total. The number of methoxy groups -OCH3 is 1. The number of ether oxygens (including phenoxy) is 2. The van der Waals surface area contributed by atoms with Crippen LogP contribution >= 0.6 is 0 Å². The summed E-state index contributed by atoms with van der Waals surface area (Å²) >= 11 is 0. The summed E-state index contributed by atoms with van der Waals surface area (Å²) in [4.78, 5) is 27.0. The van der Waals surface area contributed by atoms with Gasteiger partial charge in [-0.3, -0.25) is 4.98 Å². The summed E-state index contributed by atoms with van der Waals surface area (Å²) in [5, 5.41) is 9.64. The van der Waals surface area contributed by atoms with Crippen LogP contribution in [-0.2, 0) is 4.74 Å². The smallest absolute Gasteiger partial charge is 0.345 e. The largest absolute Gasteiger partial charge is 0.504 e. The van der Waals surface area contributed by atoms with Gasteiger partial charge in [0, 0.05) is 12.4 Å². The van der Waals surface area contributed by atoms with E-state index in [2.05, 4.69) is 9.72 Å². The number of esters is 2. The van der Waals surface area contributed by atoms with Gasteiger partial charge in [-0.25, -0.2) is 9.59 Å². The van der Waals surface area contributed by atoms with E-state index in [4.69, 9.17) is 4.74 Å². The number of carbonyl (C=O) groups is 2. The second-order valence-electron chi connectivity index (χ2n) is 3.81. The minimum atomic E-state index is -0.685. The Morgan fingerprint density at radius 3 is 2.60 bits per heavy atom. The van der Waals surface area contributed by atoms with Gasteiger partial charge in [0.2, 0.25) is 0 Å². The zero-order chi connectivity index (χ0) is 14.5. The molecule has 1 heterocycles. The number of carbonyl (C=O) groups excluding carboxylic acids is 2. The summed E-state index contributed by atoms with van der Waals surface area (Å²) in [5.41, 5.74) is 0.398. The second kappa shape index (κ2) is 5.83. The van der Waals surface area contributed by atoms with E-state index >= 15 is 0 Å². The third kappa shape index (κ3) is 2.92. The van der Waals surface area contributed by atoms with Crippen LogP contribution < -0.4 is 4.74 Å². The quantitative estimate of drug-likeness (QED) is 0.677. The van der Waals surface area contributed by atoms with Gasteiger partial charge in [0.15, 0.2) is 11.5 Å². The third-order valence-electron chi connectivity index (χ3n) is 2.48. The number of hydrogen-bond acceptors (Lipinski definition) is 6. The van der Waals surface area contributed by atoms with Crippen LogP contribution in [0.25, 0.3) is 0 Å². The maximum absolute atomic E-state index is 11.8. The molecule has 0 aliphatic heterocycles. The number of nitrogens with zero attached hydrogens (tertiary/aromatic N) is 1. The zero-order valence-corrected chi connectivity index (χ0v) is 10.6. The van der Waals surface area contributed by atoms with Crippen LogP contribution in [0.3, 0.4) is 0 Å². The van der Waals surface area contributed by atoms with Crippen LogP contribution in [0.15, 0.2) is 42.7 Å². The molecule has 2 aromatic rings. The summed E-state index contributed by atoms with van der Waals surface area (Å²) in [7, 11) is 1.23. The Morgan fingerprint density at radius 2 is 1.95 bits per heavy atom. The molecular formula is C14H11NO5. The average molecular weight is 273 g/mol. The number of pyridine rings is 1. The van der Waals surface area contributed by atoms with E-state index in [0.29, 0.717) is 0 Å². The van der Waals surface area contributed by atoms with Crippen molar-refractivity contribution in [2.75, 3.05) is 7.11 Å². The number of aromatic hydroxyl groups is 1. The lowest BCUT2D eigenvalue weighted by Crippen LogP contribution is -2.09. The molecule has 2 rings (SSSR count). The Morgan fingerprint density at radius 1 is 1.15 bits per heavy atom. The number of phenolic OH excluding ortho intramolecular Hbond substituents is 1. The first-order chi connectivity index (χ1) is 9.61. The van der Waals surface area contributed by atoms with Crippen LogP contribution in [0.2, 0.25) is 0 Å². The van der Waals surface area contributed by atoms with E-state index in [1.165, 1.54) is 43.8 Å². The summed E-state index contributed by atoms with van der Waals surface area (Å²) in [5.74, 6) is -1.66. The minimum Gasteiger partial charge on any atom is -0.504 e. The monoisotopic (exact) mass is 273 g/mol. The summed E-state index contributed by atoms with van der Waals surface area (Å²) in [6.07, 6.45) is 2.86. The maximum Gasteiger partial charge on any atom is 0.345 e. The fourth-order valence-corrected chi connectivity index (χ4v) is 1.48. The minimum absolute atomic E-state index is 0.123. The average Bonchev–Trinajstić information content (AvgIpc) is 2.49. The van der Waals surface area contributed by atoms with Crippen molar-refractivity contribution in [2.45, 2.75) is 0 Å². The van der Waals surface area contributed by atoms with Crippen molar-refractivity contribution < 1.29 is 24.2 Å². The molecule has 0 fully saturated rings. The van der Waals surface area contributed by atoms with Crippen molar-refractivity contribution in [2.24, 2.45) is 0 Å². The molecule has 6 heteroatoms. The number of benzene rings is 1. The molecule has 0 amide bonds. The Bertz CT molecular complexity index is 639. The van der Waals surface area contributed by atoms with Crippen molar-refractivity contribution in [1.29, 1.82) is 0 Å². The van der Waals surface area contributed by atoms with E-state index in [0.717, 1.165) is 0 Å². The SMILES string of the molecule is COC(=O)c1ccc(O)c(OC(=O)c2cccnc2)c1. The molecule has 0 saturated heterocycles. The molecule has 0 aliphatic carbocycles. The molecule has 0 aliphatic rings. The highest BCUT2D eigenvalue weighted by Gasteiger charge is 2.14. The Kier molecular flexibility index (Phi) is 3.95. The van der Waals surface area contributed by atoms with E-state index in [-0.39, 0.29) is 22.6 Å². The molecular weight excluding hydrogens is 262 g/mol. The first-order valence-corrected chi connectivity index (χ1v) is 5.65. The summed E-state index contributed by atoms with van der Waals surface area (Å²) < 4.78 is 9.58. The lowest BCUT2D eigenvalue weighted by atomic mass is 10.2. The van der Waals surface area contributed by atoms with Gasteiger partial charge in [-0.05, 0) is 30.3 Å². The number of rotatable bonds is 3. The number of hydrogen-bond donors (Lipinski definition) is 1. The first kappa shape index (κ1) is 13.5. The molecule has 0 radical (unpaired) electrons. The third-order valence-corrected chi connectivity index (χ3v) is 2.48. The Labute approximate surface area is 114 Å². The standard InChI is InChI=1S/C14H11NO5/c1-19-13(17)9-4-5-11(16)12(7-9)20-14(18)10-3-2-6-15-8-10/h2-8,16H,1H3. The number of phenols is 1. The maximum atomic E-state index is 11.8. The zero-order valence-electron chi connectivity index (χ0n) is 10.6. The Hall–Kier alpha value is -2.89. The Balaban J connectivity index is 2.25. The van der Waals surface area contributed by atoms with Gasteiger partial charge >= 0.3 is 11.9 Å². The van der Waals surface area contributed by atoms with Crippen molar-refractivity contribution >= 4 is 11.9 Å². The van der Waals surface area contributed by atoms with Gasteiger partial charge in [0.05, 0.1) is 18.2 Å². The molecule has 0 bridgehead atoms. The lowest BCUT2D eigenvalue weighted by molar-refractivity contribution is 0.0597. The van der Waals surface area contributed by atoms with E-state index in [1.807, 2.05) is 0 Å². The van der Waals surface area contributed by atoms with Crippen LogP contribution in [0, 0.1) is 0 Å². The second-order valence-corrected chi connectivity index (χ2v) is 3.81. The topological polar surface area (TPSA) is 85.7 Å². The van der Waals surface area contributed by atoms with Crippen molar-refractivity contribution in [3.8, 4) is 11.5 Å². The van der Waals surface area contributed by atoms with Gasteiger partial charge in [-0.1, -0.05) is 0 Å². The molecule has 0 unspecified atom stereocenters. The van der Waals surface area contributed by atoms with E-state index in [1.54, 1.807) is 6.07 Å². The molecule has 6 nitrogen and oxygen atoms in total. The highest BCUT2D eigenvalue weighted by molar-refractivity contribution is 5.93. The predicted molar refractivity (Wildman–Crippen MR) is 68.6 cm³/mol. The van der Waals surface area contributed by atoms with E-state index in [9.17, 15) is 14.7 Å². The normalized spacial score (nSPS) is 9.85. The van der Waals surface area contributed by atoms with Crippen LogP contribution in [0.5, 0.6) is 11.5 Å². The predicted octanol–water partition coefficient (Wildman–Crippen LogP) is 1.79. The van der Waals surface area contributed by atoms with Crippen molar-refractivity contribution in [1.82, 2.24) is 4.98 Å². The van der Waals surface area contributed by atoms with E-state index < -0.39 is 11.9 Å². The van der Waals surface area contributed by atoms with Crippen LogP contribution in [0.1, 0.15) is 20.7 Å². The molecule has 0 atom stereocenters. The fourth-order valence-electron chi connectivity index (χ4n) is 1.48. The van der Waals surface area contributed by atoms with Gasteiger partial charge < -0.3 is 14.6 Å². The van der Waals surface area contributed by atoms with Crippen LogP contribution in [0.4, 0.5) is 0 Å².